The van der Waals surface area contributed by atoms with Gasteiger partial charge in [-0.25, -0.2) is 14.4 Å². The lowest BCUT2D eigenvalue weighted by atomic mass is 9.70. The molecule has 3 aromatic rings. The van der Waals surface area contributed by atoms with Gasteiger partial charge < -0.3 is 4.74 Å². The summed E-state index contributed by atoms with van der Waals surface area (Å²) in [5.74, 6) is -1.57. The van der Waals surface area contributed by atoms with E-state index in [2.05, 4.69) is 0 Å². The second kappa shape index (κ2) is 9.53. The zero-order chi connectivity index (χ0) is 25.4. The molecule has 1 fully saturated rings. The average Bonchev–Trinajstić information content (AvgIpc) is 2.89. The third kappa shape index (κ3) is 4.12. The Hall–Kier alpha value is -4.07. The van der Waals surface area contributed by atoms with Gasteiger partial charge in [0.1, 0.15) is 18.1 Å². The predicted octanol–water partition coefficient (Wildman–Crippen LogP) is 3.13. The minimum absolute atomic E-state index is 0.0379. The number of rotatable bonds is 5. The van der Waals surface area contributed by atoms with Gasteiger partial charge in [0.05, 0.1) is 25.1 Å². The number of nitrogens with zero attached hydrogens (tertiary/aromatic N) is 3. The van der Waals surface area contributed by atoms with Gasteiger partial charge >= 0.3 is 11.7 Å². The molecule has 0 amide bonds. The second-order valence-corrected chi connectivity index (χ2v) is 9.35. The van der Waals surface area contributed by atoms with Crippen LogP contribution in [0, 0.1) is 12.8 Å². The van der Waals surface area contributed by atoms with Gasteiger partial charge in [-0.2, -0.15) is 0 Å². The van der Waals surface area contributed by atoms with Crippen LogP contribution in [0.2, 0.25) is 0 Å². The lowest BCUT2D eigenvalue weighted by Gasteiger charge is -2.36. The maximum atomic E-state index is 13.9. The molecule has 184 valence electrons. The van der Waals surface area contributed by atoms with E-state index in [0.717, 1.165) is 21.3 Å². The normalized spacial score (nSPS) is 18.7. The van der Waals surface area contributed by atoms with E-state index >= 15 is 0 Å². The number of carbonyl (C=O) groups is 2. The Kier molecular flexibility index (Phi) is 6.26. The number of benzene rings is 2. The highest BCUT2D eigenvalue weighted by molar-refractivity contribution is 6.10. The van der Waals surface area contributed by atoms with E-state index in [9.17, 15) is 19.2 Å². The van der Waals surface area contributed by atoms with Crippen molar-refractivity contribution in [1.29, 1.82) is 0 Å². The molecule has 1 aromatic heterocycles. The Bertz CT molecular complexity index is 1480. The van der Waals surface area contributed by atoms with Crippen molar-refractivity contribution < 1.29 is 14.3 Å². The quantitative estimate of drug-likeness (QED) is 0.517. The van der Waals surface area contributed by atoms with Crippen LogP contribution in [-0.4, -0.2) is 33.7 Å². The topological polar surface area (TPSA) is 99.7 Å². The van der Waals surface area contributed by atoms with Gasteiger partial charge in [-0.15, -0.1) is 0 Å². The molecule has 0 spiro atoms. The first kappa shape index (κ1) is 23.7. The van der Waals surface area contributed by atoms with Crippen molar-refractivity contribution in [1.82, 2.24) is 9.13 Å². The van der Waals surface area contributed by atoms with Crippen LogP contribution in [0.4, 0.5) is 5.82 Å². The van der Waals surface area contributed by atoms with Crippen molar-refractivity contribution in [2.24, 2.45) is 10.9 Å². The van der Waals surface area contributed by atoms with Gasteiger partial charge in [0, 0.05) is 18.1 Å². The Balaban J connectivity index is 1.83. The molecule has 0 bridgehead atoms. The minimum atomic E-state index is -0.707. The summed E-state index contributed by atoms with van der Waals surface area (Å²) in [6.07, 6.45) is 1.73. The predicted molar refractivity (Wildman–Crippen MR) is 135 cm³/mol. The zero-order valence-corrected chi connectivity index (χ0v) is 20.3. The van der Waals surface area contributed by atoms with Gasteiger partial charge in [0.15, 0.2) is 0 Å². The molecule has 1 aliphatic heterocycles. The van der Waals surface area contributed by atoms with Gasteiger partial charge in [-0.3, -0.25) is 19.0 Å². The van der Waals surface area contributed by atoms with Crippen LogP contribution < -0.4 is 11.2 Å². The number of hydrogen-bond donors (Lipinski definition) is 0. The van der Waals surface area contributed by atoms with Crippen LogP contribution >= 0.6 is 0 Å². The number of aliphatic imine (C=N–C) groups is 1. The number of hydrogen-bond acceptors (Lipinski definition) is 6. The number of esters is 1. The standard InChI is InChI=1S/C28H27N3O5/c1-17-11-13-19(14-12-17)23-24-20(9-6-10-21(24)32)29-26-25(23)27(34)31(16-22(33)36-2)28(35)30(26)15-18-7-4-3-5-8-18/h3-5,7-8,11-14,23-24H,6,9-10,15-16H2,1-2H3. The SMILES string of the molecule is COC(=O)Cn1c(=O)c2c(n(Cc3ccccc3)c1=O)N=C1CCCC(=O)C1C2c1ccc(C)cc1. The van der Waals surface area contributed by atoms with E-state index in [4.69, 9.17) is 9.73 Å². The lowest BCUT2D eigenvalue weighted by molar-refractivity contribution is -0.141. The Morgan fingerprint density at radius 2 is 1.69 bits per heavy atom. The molecule has 1 saturated carbocycles. The third-order valence-corrected chi connectivity index (χ3v) is 7.02. The number of fused-ring (bicyclic) bond motifs is 2. The molecular formula is C28H27N3O5. The van der Waals surface area contributed by atoms with Crippen LogP contribution in [0.15, 0.2) is 69.2 Å². The molecule has 8 heteroatoms. The first-order chi connectivity index (χ1) is 17.4. The number of Topliss-reactive ketones (excluding diaryl/α,β-unsaturated/α-hetero) is 1. The summed E-state index contributed by atoms with van der Waals surface area (Å²) >= 11 is 0. The van der Waals surface area contributed by atoms with E-state index in [-0.39, 0.29) is 23.7 Å². The van der Waals surface area contributed by atoms with E-state index in [1.54, 1.807) is 0 Å². The summed E-state index contributed by atoms with van der Waals surface area (Å²) in [6.45, 7) is 1.61. The largest absolute Gasteiger partial charge is 0.468 e. The van der Waals surface area contributed by atoms with Crippen molar-refractivity contribution in [2.45, 2.75) is 45.2 Å². The van der Waals surface area contributed by atoms with E-state index in [1.165, 1.54) is 11.7 Å². The molecule has 36 heavy (non-hydrogen) atoms. The average molecular weight is 486 g/mol. The highest BCUT2D eigenvalue weighted by Crippen LogP contribution is 2.43. The minimum Gasteiger partial charge on any atom is -0.468 e. The number of ketones is 1. The van der Waals surface area contributed by atoms with Crippen molar-refractivity contribution in [3.8, 4) is 0 Å². The summed E-state index contributed by atoms with van der Waals surface area (Å²) in [6, 6.07) is 17.1. The summed E-state index contributed by atoms with van der Waals surface area (Å²) in [5.41, 5.74) is 2.42. The Morgan fingerprint density at radius 3 is 2.39 bits per heavy atom. The van der Waals surface area contributed by atoms with E-state index in [1.807, 2.05) is 61.5 Å². The smallest absolute Gasteiger partial charge is 0.333 e. The van der Waals surface area contributed by atoms with Gasteiger partial charge in [-0.1, -0.05) is 60.2 Å². The van der Waals surface area contributed by atoms with Gasteiger partial charge in [0.25, 0.3) is 5.56 Å². The fourth-order valence-electron chi connectivity index (χ4n) is 5.22. The number of aryl methyl sites for hydroxylation is 1. The summed E-state index contributed by atoms with van der Waals surface area (Å²) in [7, 11) is 1.21. The fourth-order valence-corrected chi connectivity index (χ4v) is 5.22. The van der Waals surface area contributed by atoms with Crippen molar-refractivity contribution in [2.75, 3.05) is 7.11 Å². The molecule has 2 aromatic carbocycles. The maximum absolute atomic E-state index is 13.9. The van der Waals surface area contributed by atoms with Crippen molar-refractivity contribution in [3.63, 3.8) is 0 Å². The summed E-state index contributed by atoms with van der Waals surface area (Å²) in [4.78, 5) is 57.7. The molecule has 0 radical (unpaired) electrons. The molecule has 0 N–H and O–H groups in total. The summed E-state index contributed by atoms with van der Waals surface area (Å²) < 4.78 is 7.11. The Morgan fingerprint density at radius 1 is 0.972 bits per heavy atom. The van der Waals surface area contributed by atoms with Crippen molar-refractivity contribution in [3.05, 3.63) is 97.7 Å². The van der Waals surface area contributed by atoms with Crippen LogP contribution in [0.3, 0.4) is 0 Å². The van der Waals surface area contributed by atoms with Gasteiger partial charge in [0.2, 0.25) is 0 Å². The van der Waals surface area contributed by atoms with Crippen LogP contribution in [0.5, 0.6) is 0 Å². The molecule has 5 rings (SSSR count). The van der Waals surface area contributed by atoms with E-state index < -0.39 is 35.6 Å². The first-order valence-corrected chi connectivity index (χ1v) is 12.0. The maximum Gasteiger partial charge on any atom is 0.333 e. The highest BCUT2D eigenvalue weighted by atomic mass is 16.5. The third-order valence-electron chi connectivity index (χ3n) is 7.02. The first-order valence-electron chi connectivity index (χ1n) is 12.0. The number of carbonyl (C=O) groups excluding carboxylic acids is 2. The number of methoxy groups -OCH3 is 1. The van der Waals surface area contributed by atoms with Crippen LogP contribution in [0.25, 0.3) is 0 Å². The number of ether oxygens (including phenoxy) is 1. The zero-order valence-electron chi connectivity index (χ0n) is 20.3. The lowest BCUT2D eigenvalue weighted by Crippen LogP contribution is -2.47. The second-order valence-electron chi connectivity index (χ2n) is 9.35. The van der Waals surface area contributed by atoms with E-state index in [0.29, 0.717) is 25.0 Å². The molecule has 2 heterocycles. The molecule has 2 unspecified atom stereocenters. The highest BCUT2D eigenvalue weighted by Gasteiger charge is 2.43. The molecule has 2 atom stereocenters. The van der Waals surface area contributed by atoms with Gasteiger partial charge in [-0.05, 0) is 30.9 Å². The summed E-state index contributed by atoms with van der Waals surface area (Å²) in [5, 5.41) is 0. The van der Waals surface area contributed by atoms with Crippen LogP contribution in [-0.2, 0) is 27.4 Å². The molecule has 0 saturated heterocycles. The monoisotopic (exact) mass is 485 g/mol. The fraction of sp³-hybridized carbons (Fsp3) is 0.321. The number of aromatic nitrogens is 2. The van der Waals surface area contributed by atoms with Crippen LogP contribution in [0.1, 0.15) is 47.4 Å². The molecule has 8 nitrogen and oxygen atoms in total. The molecule has 2 aliphatic rings. The Labute approximate surface area is 207 Å². The molecular weight excluding hydrogens is 458 g/mol. The van der Waals surface area contributed by atoms with Crippen molar-refractivity contribution >= 4 is 23.3 Å². The molecule has 1 aliphatic carbocycles.